The van der Waals surface area contributed by atoms with Gasteiger partial charge in [-0.25, -0.2) is 15.0 Å². The predicted molar refractivity (Wildman–Crippen MR) is 170 cm³/mol. The summed E-state index contributed by atoms with van der Waals surface area (Å²) in [5, 5.41) is 9.75. The first-order chi connectivity index (χ1) is 20.9. The molecule has 0 amide bonds. The van der Waals surface area contributed by atoms with Gasteiger partial charge >= 0.3 is 5.97 Å². The van der Waals surface area contributed by atoms with Crippen LogP contribution in [0.3, 0.4) is 0 Å². The monoisotopic (exact) mass is 568 g/mol. The number of benzene rings is 4. The number of para-hydroxylation sites is 2. The Labute approximate surface area is 248 Å². The molecule has 8 heteroatoms. The van der Waals surface area contributed by atoms with E-state index in [1.807, 2.05) is 54.6 Å². The van der Waals surface area contributed by atoms with Gasteiger partial charge in [0.05, 0.1) is 33.1 Å². The molecule has 43 heavy (non-hydrogen) atoms. The number of hydrogen-bond acceptors (Lipinski definition) is 4. The summed E-state index contributed by atoms with van der Waals surface area (Å²) in [5.74, 6) is 1.70. The van der Waals surface area contributed by atoms with Crippen molar-refractivity contribution in [3.63, 3.8) is 0 Å². The van der Waals surface area contributed by atoms with E-state index in [1.165, 1.54) is 0 Å². The van der Waals surface area contributed by atoms with Crippen molar-refractivity contribution < 1.29 is 9.90 Å². The zero-order valence-corrected chi connectivity index (χ0v) is 24.5. The minimum atomic E-state index is -0.905. The molecule has 0 unspecified atom stereocenters. The van der Waals surface area contributed by atoms with Crippen LogP contribution in [0.25, 0.3) is 55.9 Å². The third kappa shape index (κ3) is 4.65. The number of nitrogens with zero attached hydrogens (tertiary/aromatic N) is 6. The van der Waals surface area contributed by atoms with E-state index >= 15 is 0 Å². The summed E-state index contributed by atoms with van der Waals surface area (Å²) in [6, 6.07) is 28.5. The van der Waals surface area contributed by atoms with Crippen LogP contribution in [0, 0.1) is 6.92 Å². The number of imidazole rings is 3. The van der Waals surface area contributed by atoms with Gasteiger partial charge in [-0.15, -0.1) is 0 Å². The van der Waals surface area contributed by atoms with Crippen molar-refractivity contribution in [3.8, 4) is 22.8 Å². The van der Waals surface area contributed by atoms with Gasteiger partial charge in [-0.05, 0) is 60.9 Å². The lowest BCUT2D eigenvalue weighted by Gasteiger charge is -2.12. The lowest BCUT2D eigenvalue weighted by atomic mass is 10.1. The molecule has 7 rings (SSSR count). The average Bonchev–Trinajstić information content (AvgIpc) is 3.65. The Kier molecular flexibility index (Phi) is 6.54. The van der Waals surface area contributed by atoms with Crippen LogP contribution in [0.4, 0.5) is 0 Å². The third-order valence-electron chi connectivity index (χ3n) is 8.12. The highest BCUT2D eigenvalue weighted by Gasteiger charge is 2.19. The molecule has 0 aliphatic rings. The fourth-order valence-electron chi connectivity index (χ4n) is 6.12. The number of carbonyl (C=O) groups is 1. The molecule has 0 aliphatic carbocycles. The quantitative estimate of drug-likeness (QED) is 0.213. The first-order valence-corrected chi connectivity index (χ1v) is 14.6. The van der Waals surface area contributed by atoms with Gasteiger partial charge in [-0.3, -0.25) is 4.79 Å². The lowest BCUT2D eigenvalue weighted by Crippen LogP contribution is -2.10. The van der Waals surface area contributed by atoms with E-state index < -0.39 is 5.97 Å². The number of fused-ring (bicyclic) bond motifs is 3. The second-order valence-electron chi connectivity index (χ2n) is 11.1. The molecule has 4 aromatic carbocycles. The molecular weight excluding hydrogens is 536 g/mol. The average molecular weight is 569 g/mol. The normalized spacial score (nSPS) is 11.7. The topological polar surface area (TPSA) is 90.8 Å². The predicted octanol–water partition coefficient (Wildman–Crippen LogP) is 7.00. The van der Waals surface area contributed by atoms with Gasteiger partial charge < -0.3 is 18.8 Å². The van der Waals surface area contributed by atoms with E-state index in [0.717, 1.165) is 79.8 Å². The van der Waals surface area contributed by atoms with Crippen molar-refractivity contribution in [2.75, 3.05) is 0 Å². The molecule has 0 radical (unpaired) electrons. The Morgan fingerprint density at radius 2 is 1.51 bits per heavy atom. The van der Waals surface area contributed by atoms with Crippen molar-refractivity contribution in [2.45, 2.75) is 39.8 Å². The molecule has 1 N–H and O–H groups in total. The minimum absolute atomic E-state index is 0.167. The maximum atomic E-state index is 11.9. The lowest BCUT2D eigenvalue weighted by molar-refractivity contribution is -0.137. The van der Waals surface area contributed by atoms with Crippen LogP contribution in [0.5, 0.6) is 0 Å². The minimum Gasteiger partial charge on any atom is -0.480 e. The number of rotatable bonds is 8. The molecule has 0 atom stereocenters. The highest BCUT2D eigenvalue weighted by Crippen LogP contribution is 2.31. The summed E-state index contributed by atoms with van der Waals surface area (Å²) >= 11 is 0. The second-order valence-corrected chi connectivity index (χ2v) is 11.1. The Morgan fingerprint density at radius 3 is 2.28 bits per heavy atom. The molecule has 7 aromatic rings. The van der Waals surface area contributed by atoms with Gasteiger partial charge in [0.15, 0.2) is 0 Å². The number of carboxylic acids is 1. The first kappa shape index (κ1) is 26.6. The zero-order valence-electron chi connectivity index (χ0n) is 24.5. The van der Waals surface area contributed by atoms with Gasteiger partial charge in [0.2, 0.25) is 0 Å². The van der Waals surface area contributed by atoms with E-state index in [9.17, 15) is 9.90 Å². The number of hydrogen-bond donors (Lipinski definition) is 1. The van der Waals surface area contributed by atoms with Crippen LogP contribution in [-0.4, -0.2) is 39.7 Å². The molecule has 0 spiro atoms. The summed E-state index contributed by atoms with van der Waals surface area (Å²) in [5.41, 5.74) is 9.80. The van der Waals surface area contributed by atoms with E-state index in [2.05, 4.69) is 60.4 Å². The molecule has 3 aromatic heterocycles. The van der Waals surface area contributed by atoms with Crippen LogP contribution in [0.1, 0.15) is 30.3 Å². The van der Waals surface area contributed by atoms with E-state index in [4.69, 9.17) is 15.0 Å². The van der Waals surface area contributed by atoms with Crippen molar-refractivity contribution in [1.29, 1.82) is 0 Å². The first-order valence-electron chi connectivity index (χ1n) is 14.6. The Balaban J connectivity index is 1.36. The zero-order chi connectivity index (χ0) is 29.7. The number of carboxylic acid groups (broad SMARTS) is 1. The largest absolute Gasteiger partial charge is 0.480 e. The SMILES string of the molecule is CCCc1nc2c(C)cc(-c3nc4ccccc4n3C)cc2n1Cc1ccc2nc(-c3ccccc3)n(CC(=O)O)c2c1. The maximum absolute atomic E-state index is 11.9. The molecule has 0 saturated heterocycles. The Hall–Kier alpha value is -5.24. The fourth-order valence-corrected chi connectivity index (χ4v) is 6.12. The van der Waals surface area contributed by atoms with Crippen LogP contribution >= 0.6 is 0 Å². The number of aryl methyl sites for hydroxylation is 3. The molecule has 0 fully saturated rings. The van der Waals surface area contributed by atoms with E-state index in [1.54, 1.807) is 4.57 Å². The smallest absolute Gasteiger partial charge is 0.323 e. The van der Waals surface area contributed by atoms with E-state index in [-0.39, 0.29) is 6.54 Å². The second kappa shape index (κ2) is 10.5. The van der Waals surface area contributed by atoms with E-state index in [0.29, 0.717) is 12.4 Å². The standard InChI is InChI=1S/C35H32N6O2/c1-4-10-31-38-33-22(2)17-25(34-36-26-13-8-9-14-28(26)39(34)3)19-30(33)40(31)20-23-15-16-27-29(18-23)41(21-32(42)43)35(37-27)24-11-6-5-7-12-24/h5-9,11-19H,4,10,20-21H2,1-3H3,(H,42,43). The third-order valence-corrected chi connectivity index (χ3v) is 8.12. The summed E-state index contributed by atoms with van der Waals surface area (Å²) in [6.45, 7) is 4.72. The fraction of sp³-hybridized carbons (Fsp3) is 0.200. The van der Waals surface area contributed by atoms with Crippen LogP contribution in [0.2, 0.25) is 0 Å². The van der Waals surface area contributed by atoms with Crippen molar-refractivity contribution in [1.82, 2.24) is 28.7 Å². The highest BCUT2D eigenvalue weighted by molar-refractivity contribution is 5.88. The highest BCUT2D eigenvalue weighted by atomic mass is 16.4. The Morgan fingerprint density at radius 1 is 0.767 bits per heavy atom. The molecule has 3 heterocycles. The summed E-state index contributed by atoms with van der Waals surface area (Å²) < 4.78 is 6.24. The van der Waals surface area contributed by atoms with Gasteiger partial charge in [0.1, 0.15) is 24.0 Å². The van der Waals surface area contributed by atoms with Crippen molar-refractivity contribution in [2.24, 2.45) is 7.05 Å². The molecule has 0 saturated carbocycles. The van der Waals surface area contributed by atoms with Gasteiger partial charge in [-0.2, -0.15) is 0 Å². The molecule has 8 nitrogen and oxygen atoms in total. The van der Waals surface area contributed by atoms with Gasteiger partial charge in [0.25, 0.3) is 0 Å². The van der Waals surface area contributed by atoms with Crippen molar-refractivity contribution in [3.05, 3.63) is 102 Å². The van der Waals surface area contributed by atoms with Crippen LogP contribution < -0.4 is 0 Å². The summed E-state index contributed by atoms with van der Waals surface area (Å²) in [4.78, 5) is 26.8. The molecule has 0 bridgehead atoms. The summed E-state index contributed by atoms with van der Waals surface area (Å²) in [6.07, 6.45) is 1.83. The van der Waals surface area contributed by atoms with Gasteiger partial charge in [-0.1, -0.05) is 55.5 Å². The Bertz CT molecular complexity index is 2150. The molecule has 214 valence electrons. The van der Waals surface area contributed by atoms with Crippen molar-refractivity contribution >= 4 is 39.1 Å². The molecule has 0 aliphatic heterocycles. The molecular formula is C35H32N6O2. The van der Waals surface area contributed by atoms with Crippen LogP contribution in [0.15, 0.2) is 84.9 Å². The summed E-state index contributed by atoms with van der Waals surface area (Å²) in [7, 11) is 2.06. The number of aromatic nitrogens is 6. The van der Waals surface area contributed by atoms with Crippen LogP contribution in [-0.2, 0) is 31.4 Å². The maximum Gasteiger partial charge on any atom is 0.323 e. The van der Waals surface area contributed by atoms with Gasteiger partial charge in [0, 0.05) is 31.1 Å². The number of aliphatic carboxylic acids is 1.